The van der Waals surface area contributed by atoms with Crippen molar-refractivity contribution in [2.75, 3.05) is 25.4 Å². The van der Waals surface area contributed by atoms with Crippen LogP contribution < -0.4 is 10.0 Å². The van der Waals surface area contributed by atoms with Crippen molar-refractivity contribution in [3.05, 3.63) is 34.7 Å². The van der Waals surface area contributed by atoms with Gasteiger partial charge in [0, 0.05) is 41.4 Å². The maximum atomic E-state index is 14.2. The molecule has 0 saturated carbocycles. The Morgan fingerprint density at radius 1 is 1.12 bits per heavy atom. The van der Waals surface area contributed by atoms with Crippen molar-refractivity contribution in [2.45, 2.75) is 62.3 Å². The van der Waals surface area contributed by atoms with E-state index < -0.39 is 52.3 Å². The van der Waals surface area contributed by atoms with E-state index in [1.54, 1.807) is 9.80 Å². The summed E-state index contributed by atoms with van der Waals surface area (Å²) in [6.07, 6.45) is 3.71. The summed E-state index contributed by atoms with van der Waals surface area (Å²) >= 11 is 0.995. The van der Waals surface area contributed by atoms with E-state index in [1.165, 1.54) is 12.1 Å². The highest BCUT2D eigenvalue weighted by Crippen LogP contribution is 2.59. The molecule has 234 valence electrons. The van der Waals surface area contributed by atoms with E-state index in [0.717, 1.165) is 36.3 Å². The van der Waals surface area contributed by atoms with Crippen LogP contribution in [0.2, 0.25) is 0 Å². The third kappa shape index (κ3) is 5.50. The van der Waals surface area contributed by atoms with Gasteiger partial charge in [0.15, 0.2) is 0 Å². The molecule has 4 saturated heterocycles. The number of amides is 3. The van der Waals surface area contributed by atoms with E-state index >= 15 is 0 Å². The Morgan fingerprint density at radius 2 is 1.84 bits per heavy atom. The van der Waals surface area contributed by atoms with Crippen LogP contribution in [0.4, 0.5) is 8.78 Å². The molecule has 0 radical (unpaired) electrons. The Bertz CT molecular complexity index is 1660. The van der Waals surface area contributed by atoms with Crippen molar-refractivity contribution < 1.29 is 45.9 Å². The summed E-state index contributed by atoms with van der Waals surface area (Å²) in [6.45, 7) is 0.888. The Morgan fingerprint density at radius 3 is 2.51 bits per heavy atom. The van der Waals surface area contributed by atoms with Crippen molar-refractivity contribution in [1.82, 2.24) is 19.8 Å². The van der Waals surface area contributed by atoms with Gasteiger partial charge >= 0.3 is 13.3 Å². The number of fused-ring (bicyclic) bond motifs is 2. The Hall–Kier alpha value is -2.49. The molecular weight excluding hydrogens is 629 g/mol. The van der Waals surface area contributed by atoms with Gasteiger partial charge in [0.25, 0.3) is 5.91 Å². The lowest BCUT2D eigenvalue weighted by Crippen LogP contribution is -2.65. The second-order valence-electron chi connectivity index (χ2n) is 12.0. The van der Waals surface area contributed by atoms with E-state index in [0.29, 0.717) is 43.5 Å². The van der Waals surface area contributed by atoms with E-state index in [9.17, 15) is 36.1 Å². The summed E-state index contributed by atoms with van der Waals surface area (Å²) in [5.74, 6) is -1.21. The smallest absolute Gasteiger partial charge is 0.340 e. The zero-order chi connectivity index (χ0) is 30.9. The minimum atomic E-state index is -5.76. The summed E-state index contributed by atoms with van der Waals surface area (Å²) < 4.78 is 66.5. The van der Waals surface area contributed by atoms with Crippen LogP contribution in [-0.2, 0) is 29.8 Å². The molecule has 43 heavy (non-hydrogen) atoms. The molecule has 2 aromatic rings. The maximum absolute atomic E-state index is 14.2. The molecule has 3 amide bonds. The number of carbonyl (C=O) groups excluding carboxylic acids is 3. The number of halogens is 2. The molecule has 4 aliphatic rings. The first kappa shape index (κ1) is 30.5. The van der Waals surface area contributed by atoms with Crippen LogP contribution in [0.5, 0.6) is 0 Å². The van der Waals surface area contributed by atoms with Crippen molar-refractivity contribution in [2.24, 2.45) is 5.41 Å². The van der Waals surface area contributed by atoms with Gasteiger partial charge in [-0.25, -0.2) is 13.1 Å². The van der Waals surface area contributed by atoms with Crippen LogP contribution in [0.1, 0.15) is 53.8 Å². The lowest BCUT2D eigenvalue weighted by molar-refractivity contribution is -0.153. The molecular formula is C26H31F2N4O8PS2. The van der Waals surface area contributed by atoms with Gasteiger partial charge in [-0.15, -0.1) is 11.3 Å². The number of hydrogen-bond donors (Lipinski definition) is 4. The first-order chi connectivity index (χ1) is 20.1. The summed E-state index contributed by atoms with van der Waals surface area (Å²) in [5.41, 5.74) is -5.76. The van der Waals surface area contributed by atoms with Gasteiger partial charge in [-0.1, -0.05) is 18.9 Å². The Labute approximate surface area is 250 Å². The van der Waals surface area contributed by atoms with Crippen LogP contribution in [0.25, 0.3) is 10.1 Å². The minimum Gasteiger partial charge on any atom is -0.340 e. The average molecular weight is 661 g/mol. The van der Waals surface area contributed by atoms with Gasteiger partial charge in [-0.05, 0) is 49.3 Å². The maximum Gasteiger partial charge on any atom is 0.399 e. The summed E-state index contributed by atoms with van der Waals surface area (Å²) in [6, 6.07) is 2.69. The number of sulfonamides is 1. The third-order valence-electron chi connectivity index (χ3n) is 8.91. The summed E-state index contributed by atoms with van der Waals surface area (Å²) in [7, 11) is -9.10. The Kier molecular flexibility index (Phi) is 7.49. The van der Waals surface area contributed by atoms with Gasteiger partial charge in [-0.2, -0.15) is 8.78 Å². The van der Waals surface area contributed by atoms with Crippen molar-refractivity contribution >= 4 is 56.8 Å². The number of likely N-dealkylation sites (tertiary alicyclic amines) is 1. The monoisotopic (exact) mass is 660 g/mol. The van der Waals surface area contributed by atoms with Crippen LogP contribution in [0, 0.1) is 5.41 Å². The molecule has 4 aliphatic heterocycles. The number of hydrogen-bond acceptors (Lipinski definition) is 7. The molecule has 17 heteroatoms. The van der Waals surface area contributed by atoms with E-state index in [-0.39, 0.29) is 40.4 Å². The van der Waals surface area contributed by atoms with Gasteiger partial charge < -0.3 is 24.9 Å². The minimum absolute atomic E-state index is 0.0288. The number of alkyl halides is 2. The second-order valence-corrected chi connectivity index (χ2v) is 16.6. The lowest BCUT2D eigenvalue weighted by atomic mass is 9.81. The average Bonchev–Trinajstić information content (AvgIpc) is 3.61. The zero-order valence-electron chi connectivity index (χ0n) is 22.9. The largest absolute Gasteiger partial charge is 0.399 e. The van der Waals surface area contributed by atoms with Gasteiger partial charge in [0.1, 0.15) is 12.1 Å². The normalized spacial score (nSPS) is 27.1. The predicted molar refractivity (Wildman–Crippen MR) is 152 cm³/mol. The predicted octanol–water partition coefficient (Wildman–Crippen LogP) is 1.92. The second kappa shape index (κ2) is 10.6. The molecule has 4 fully saturated rings. The highest BCUT2D eigenvalue weighted by Gasteiger charge is 2.55. The molecule has 1 aromatic carbocycles. The number of benzene rings is 1. The van der Waals surface area contributed by atoms with Gasteiger partial charge in [0.2, 0.25) is 21.8 Å². The van der Waals surface area contributed by atoms with Crippen LogP contribution in [0.15, 0.2) is 24.3 Å². The van der Waals surface area contributed by atoms with Crippen molar-refractivity contribution in [3.8, 4) is 0 Å². The molecule has 0 aliphatic carbocycles. The molecule has 5 heterocycles. The first-order valence-electron chi connectivity index (χ1n) is 14.0. The SMILES string of the molecule is O=C(N[C@H]1CCCC[C@H]2CC[C@@H](C(=O)N3CC4(CNS(=O)(=O)C4)C3)N2C1=O)c1cc2cc(C(F)(F)P(=O)(O)O)ccc2s1. The summed E-state index contributed by atoms with van der Waals surface area (Å²) in [5, 5.41) is 2.97. The van der Waals surface area contributed by atoms with Crippen LogP contribution >= 0.6 is 18.9 Å². The topological polar surface area (TPSA) is 173 Å². The fourth-order valence-corrected chi connectivity index (χ4v) is 9.89. The van der Waals surface area contributed by atoms with Gasteiger partial charge in [0.05, 0.1) is 10.6 Å². The van der Waals surface area contributed by atoms with Crippen LogP contribution in [-0.4, -0.2) is 89.2 Å². The molecule has 1 aromatic heterocycles. The number of nitrogens with zero attached hydrogens (tertiary/aromatic N) is 2. The first-order valence-corrected chi connectivity index (χ1v) is 18.0. The fraction of sp³-hybridized carbons (Fsp3) is 0.577. The lowest BCUT2D eigenvalue weighted by Gasteiger charge is -2.48. The fourth-order valence-electron chi connectivity index (χ4n) is 6.75. The van der Waals surface area contributed by atoms with Crippen molar-refractivity contribution in [3.63, 3.8) is 0 Å². The number of nitrogens with one attached hydrogen (secondary N) is 2. The van der Waals surface area contributed by atoms with E-state index in [4.69, 9.17) is 9.79 Å². The number of carbonyl (C=O) groups is 3. The van der Waals surface area contributed by atoms with E-state index in [1.807, 2.05) is 0 Å². The highest BCUT2D eigenvalue weighted by atomic mass is 32.2. The molecule has 0 bridgehead atoms. The molecule has 4 N–H and O–H groups in total. The molecule has 1 spiro atoms. The standard InChI is InChI=1S/C26H31F2N4O8PS2/c27-26(28,41(36,37)38)16-5-8-20-15(9-16)10-21(42-20)22(33)30-18-4-2-1-3-17-6-7-19(32(17)23(18)34)24(35)31-12-25(13-31)11-29-43(39,40)14-25/h5,8-10,17-19,29H,1-4,6-7,11-14H2,(H,30,33)(H2,36,37,38)/t17-,18-,19-/m0/s1. The third-order valence-corrected chi connectivity index (χ3v) is 12.6. The number of rotatable bonds is 5. The molecule has 0 unspecified atom stereocenters. The highest BCUT2D eigenvalue weighted by molar-refractivity contribution is 7.89. The Balaban J connectivity index is 1.17. The van der Waals surface area contributed by atoms with Gasteiger partial charge in [-0.3, -0.25) is 18.9 Å². The molecule has 6 rings (SSSR count). The van der Waals surface area contributed by atoms with Crippen molar-refractivity contribution in [1.29, 1.82) is 0 Å². The quantitative estimate of drug-likeness (QED) is 0.352. The molecule has 3 atom stereocenters. The molecule has 12 nitrogen and oxygen atoms in total. The van der Waals surface area contributed by atoms with Crippen LogP contribution in [0.3, 0.4) is 0 Å². The summed E-state index contributed by atoms with van der Waals surface area (Å²) in [4.78, 5) is 62.1. The number of thiophene rings is 1. The zero-order valence-corrected chi connectivity index (χ0v) is 25.4. The van der Waals surface area contributed by atoms with E-state index in [2.05, 4.69) is 10.0 Å².